The molecule has 108 valence electrons. The first-order valence-corrected chi connectivity index (χ1v) is 7.98. The molecular weight excluding hydrogens is 264 g/mol. The van der Waals surface area contributed by atoms with Gasteiger partial charge in [-0.2, -0.15) is 0 Å². The standard InChI is InChI=1S/C13H22N2O3S/c1-4-14-9-10-19(16,17)15-11(2)12-5-7-13(18-3)8-6-12/h5-8,11,14-15H,4,9-10H2,1-3H3. The van der Waals surface area contributed by atoms with Crippen LogP contribution in [0.2, 0.25) is 0 Å². The molecule has 0 saturated carbocycles. The van der Waals surface area contributed by atoms with Crippen LogP contribution in [-0.2, 0) is 10.0 Å². The second-order valence-electron chi connectivity index (χ2n) is 4.29. The van der Waals surface area contributed by atoms with Crippen molar-refractivity contribution in [3.63, 3.8) is 0 Å². The summed E-state index contributed by atoms with van der Waals surface area (Å²) in [4.78, 5) is 0. The molecule has 0 amide bonds. The van der Waals surface area contributed by atoms with Gasteiger partial charge in [-0.05, 0) is 31.2 Å². The molecule has 1 aromatic rings. The predicted octanol–water partition coefficient (Wildman–Crippen LogP) is 1.29. The van der Waals surface area contributed by atoms with Crippen LogP contribution in [0.3, 0.4) is 0 Å². The van der Waals surface area contributed by atoms with E-state index in [0.717, 1.165) is 17.9 Å². The van der Waals surface area contributed by atoms with Crippen LogP contribution < -0.4 is 14.8 Å². The monoisotopic (exact) mass is 286 g/mol. The fourth-order valence-electron chi connectivity index (χ4n) is 1.67. The van der Waals surface area contributed by atoms with E-state index < -0.39 is 10.0 Å². The van der Waals surface area contributed by atoms with Crippen LogP contribution in [0.1, 0.15) is 25.5 Å². The zero-order valence-electron chi connectivity index (χ0n) is 11.6. The summed E-state index contributed by atoms with van der Waals surface area (Å²) in [7, 11) is -1.66. The lowest BCUT2D eigenvalue weighted by molar-refractivity contribution is 0.414. The number of nitrogens with one attached hydrogen (secondary N) is 2. The molecule has 0 saturated heterocycles. The van der Waals surface area contributed by atoms with Gasteiger partial charge in [-0.25, -0.2) is 13.1 Å². The Morgan fingerprint density at radius 3 is 2.42 bits per heavy atom. The van der Waals surface area contributed by atoms with Gasteiger partial charge >= 0.3 is 0 Å². The smallest absolute Gasteiger partial charge is 0.213 e. The van der Waals surface area contributed by atoms with Crippen molar-refractivity contribution in [2.45, 2.75) is 19.9 Å². The summed E-state index contributed by atoms with van der Waals surface area (Å²) in [6, 6.07) is 7.10. The first kappa shape index (κ1) is 15.9. The van der Waals surface area contributed by atoms with E-state index in [-0.39, 0.29) is 11.8 Å². The summed E-state index contributed by atoms with van der Waals surface area (Å²) in [6.45, 7) is 5.00. The SMILES string of the molecule is CCNCCS(=O)(=O)NC(C)c1ccc(OC)cc1. The van der Waals surface area contributed by atoms with Gasteiger partial charge < -0.3 is 10.1 Å². The van der Waals surface area contributed by atoms with E-state index >= 15 is 0 Å². The minimum Gasteiger partial charge on any atom is -0.497 e. The van der Waals surface area contributed by atoms with Crippen molar-refractivity contribution in [2.24, 2.45) is 0 Å². The summed E-state index contributed by atoms with van der Waals surface area (Å²) in [5.74, 6) is 0.840. The molecule has 0 aliphatic rings. The van der Waals surface area contributed by atoms with Crippen molar-refractivity contribution in [2.75, 3.05) is 26.0 Å². The molecule has 0 heterocycles. The Bertz CT molecular complexity index is 471. The zero-order chi connectivity index (χ0) is 14.3. The Hall–Kier alpha value is -1.11. The van der Waals surface area contributed by atoms with Gasteiger partial charge in [0, 0.05) is 12.6 Å². The third-order valence-corrected chi connectivity index (χ3v) is 4.22. The summed E-state index contributed by atoms with van der Waals surface area (Å²) in [6.07, 6.45) is 0. The highest BCUT2D eigenvalue weighted by Gasteiger charge is 2.15. The number of sulfonamides is 1. The van der Waals surface area contributed by atoms with E-state index in [9.17, 15) is 8.42 Å². The Morgan fingerprint density at radius 1 is 1.26 bits per heavy atom. The Labute approximate surface area is 115 Å². The molecule has 1 unspecified atom stereocenters. The van der Waals surface area contributed by atoms with E-state index in [0.29, 0.717) is 6.54 Å². The molecular formula is C13H22N2O3S. The molecule has 1 rings (SSSR count). The van der Waals surface area contributed by atoms with Crippen LogP contribution in [-0.4, -0.2) is 34.4 Å². The maximum absolute atomic E-state index is 11.8. The minimum absolute atomic E-state index is 0.0847. The molecule has 0 fully saturated rings. The Morgan fingerprint density at radius 2 is 1.89 bits per heavy atom. The average Bonchev–Trinajstić information content (AvgIpc) is 2.38. The second kappa shape index (κ2) is 7.47. The highest BCUT2D eigenvalue weighted by atomic mass is 32.2. The van der Waals surface area contributed by atoms with Crippen molar-refractivity contribution < 1.29 is 13.2 Å². The van der Waals surface area contributed by atoms with Crippen LogP contribution in [0.5, 0.6) is 5.75 Å². The van der Waals surface area contributed by atoms with E-state index in [2.05, 4.69) is 10.0 Å². The van der Waals surface area contributed by atoms with Gasteiger partial charge in [0.1, 0.15) is 5.75 Å². The van der Waals surface area contributed by atoms with Crippen LogP contribution in [0.25, 0.3) is 0 Å². The molecule has 1 aromatic carbocycles. The lowest BCUT2D eigenvalue weighted by Crippen LogP contribution is -2.33. The zero-order valence-corrected chi connectivity index (χ0v) is 12.5. The topological polar surface area (TPSA) is 67.4 Å². The lowest BCUT2D eigenvalue weighted by atomic mass is 10.1. The van der Waals surface area contributed by atoms with Crippen molar-refractivity contribution in [1.29, 1.82) is 0 Å². The van der Waals surface area contributed by atoms with Crippen LogP contribution in [0.15, 0.2) is 24.3 Å². The molecule has 19 heavy (non-hydrogen) atoms. The quantitative estimate of drug-likeness (QED) is 0.707. The molecule has 0 aromatic heterocycles. The molecule has 5 nitrogen and oxygen atoms in total. The Balaban J connectivity index is 2.59. The normalized spacial score (nSPS) is 13.2. The van der Waals surface area contributed by atoms with Crippen LogP contribution in [0, 0.1) is 0 Å². The fourth-order valence-corrected chi connectivity index (χ4v) is 2.88. The Kier molecular flexibility index (Phi) is 6.27. The summed E-state index contributed by atoms with van der Waals surface area (Å²) in [5, 5.41) is 3.00. The summed E-state index contributed by atoms with van der Waals surface area (Å²) in [5.41, 5.74) is 0.910. The molecule has 6 heteroatoms. The second-order valence-corrected chi connectivity index (χ2v) is 6.16. The molecule has 0 aliphatic heterocycles. The summed E-state index contributed by atoms with van der Waals surface area (Å²) < 4.78 is 31.4. The molecule has 2 N–H and O–H groups in total. The maximum Gasteiger partial charge on any atom is 0.213 e. The molecule has 0 bridgehead atoms. The molecule has 0 spiro atoms. The van der Waals surface area contributed by atoms with Crippen molar-refractivity contribution in [3.8, 4) is 5.75 Å². The number of rotatable bonds is 8. The van der Waals surface area contributed by atoms with Gasteiger partial charge in [0.15, 0.2) is 0 Å². The van der Waals surface area contributed by atoms with Crippen LogP contribution >= 0.6 is 0 Å². The third kappa shape index (κ3) is 5.59. The van der Waals surface area contributed by atoms with Gasteiger partial charge in [0.2, 0.25) is 10.0 Å². The predicted molar refractivity (Wildman–Crippen MR) is 76.9 cm³/mol. The maximum atomic E-state index is 11.8. The fraction of sp³-hybridized carbons (Fsp3) is 0.538. The number of hydrogen-bond donors (Lipinski definition) is 2. The van der Waals surface area contributed by atoms with E-state index in [1.807, 2.05) is 38.1 Å². The third-order valence-electron chi connectivity index (χ3n) is 2.77. The van der Waals surface area contributed by atoms with E-state index in [1.165, 1.54) is 0 Å². The highest BCUT2D eigenvalue weighted by Crippen LogP contribution is 2.17. The van der Waals surface area contributed by atoms with Crippen molar-refractivity contribution in [1.82, 2.24) is 10.0 Å². The van der Waals surface area contributed by atoms with Gasteiger partial charge in [0.05, 0.1) is 12.9 Å². The average molecular weight is 286 g/mol. The lowest BCUT2D eigenvalue weighted by Gasteiger charge is -2.15. The first-order valence-electron chi connectivity index (χ1n) is 6.33. The number of ether oxygens (including phenoxy) is 1. The number of methoxy groups -OCH3 is 1. The molecule has 0 aliphatic carbocycles. The van der Waals surface area contributed by atoms with Gasteiger partial charge in [-0.1, -0.05) is 19.1 Å². The van der Waals surface area contributed by atoms with Crippen LogP contribution in [0.4, 0.5) is 0 Å². The van der Waals surface area contributed by atoms with Crippen molar-refractivity contribution in [3.05, 3.63) is 29.8 Å². The summed E-state index contributed by atoms with van der Waals surface area (Å²) >= 11 is 0. The number of hydrogen-bond acceptors (Lipinski definition) is 4. The van der Waals surface area contributed by atoms with Crippen molar-refractivity contribution >= 4 is 10.0 Å². The van der Waals surface area contributed by atoms with Gasteiger partial charge in [-0.3, -0.25) is 0 Å². The first-order chi connectivity index (χ1) is 8.98. The van der Waals surface area contributed by atoms with Gasteiger partial charge in [0.25, 0.3) is 0 Å². The van der Waals surface area contributed by atoms with E-state index in [1.54, 1.807) is 7.11 Å². The van der Waals surface area contributed by atoms with Gasteiger partial charge in [-0.15, -0.1) is 0 Å². The molecule has 1 atom stereocenters. The molecule has 0 radical (unpaired) electrons. The van der Waals surface area contributed by atoms with E-state index in [4.69, 9.17) is 4.74 Å². The minimum atomic E-state index is -3.26. The largest absolute Gasteiger partial charge is 0.497 e. The highest BCUT2D eigenvalue weighted by molar-refractivity contribution is 7.89. The number of benzene rings is 1.